The van der Waals surface area contributed by atoms with Gasteiger partial charge in [0.15, 0.2) is 0 Å². The molecule has 3 rings (SSSR count). The normalized spacial score (nSPS) is 23.5. The molecule has 19 heavy (non-hydrogen) atoms. The SMILES string of the molecule is Cc1cc(C(=O)NC2CCN(C3CC3)C2)ccc1O. The first kappa shape index (κ1) is 12.5. The topological polar surface area (TPSA) is 52.6 Å². The highest BCUT2D eigenvalue weighted by Crippen LogP contribution is 2.29. The summed E-state index contributed by atoms with van der Waals surface area (Å²) in [4.78, 5) is 14.6. The summed E-state index contributed by atoms with van der Waals surface area (Å²) in [6, 6.07) is 6.03. The number of likely N-dealkylation sites (tertiary alicyclic amines) is 1. The van der Waals surface area contributed by atoms with Gasteiger partial charge < -0.3 is 10.4 Å². The number of hydrogen-bond acceptors (Lipinski definition) is 3. The molecule has 102 valence electrons. The third kappa shape index (κ3) is 2.73. The molecule has 1 aromatic carbocycles. The van der Waals surface area contributed by atoms with E-state index in [0.717, 1.165) is 31.1 Å². The van der Waals surface area contributed by atoms with Crippen LogP contribution in [0.15, 0.2) is 18.2 Å². The van der Waals surface area contributed by atoms with Crippen LogP contribution in [0.25, 0.3) is 0 Å². The maximum absolute atomic E-state index is 12.1. The second-order valence-electron chi connectivity index (χ2n) is 5.69. The number of nitrogens with one attached hydrogen (secondary N) is 1. The Bertz CT molecular complexity index is 497. The van der Waals surface area contributed by atoms with Crippen LogP contribution in [-0.2, 0) is 0 Å². The van der Waals surface area contributed by atoms with Gasteiger partial charge in [0.05, 0.1) is 0 Å². The second-order valence-corrected chi connectivity index (χ2v) is 5.69. The van der Waals surface area contributed by atoms with Crippen LogP contribution >= 0.6 is 0 Å². The minimum Gasteiger partial charge on any atom is -0.508 e. The number of benzene rings is 1. The van der Waals surface area contributed by atoms with Gasteiger partial charge in [-0.15, -0.1) is 0 Å². The van der Waals surface area contributed by atoms with Crippen molar-refractivity contribution in [2.75, 3.05) is 13.1 Å². The molecule has 2 N–H and O–H groups in total. The molecule has 4 heteroatoms. The molecule has 1 amide bonds. The summed E-state index contributed by atoms with van der Waals surface area (Å²) < 4.78 is 0. The van der Waals surface area contributed by atoms with Crippen molar-refractivity contribution < 1.29 is 9.90 Å². The van der Waals surface area contributed by atoms with Crippen LogP contribution in [0, 0.1) is 6.92 Å². The van der Waals surface area contributed by atoms with E-state index in [0.29, 0.717) is 5.56 Å². The molecule has 1 aromatic rings. The van der Waals surface area contributed by atoms with E-state index in [4.69, 9.17) is 0 Å². The Morgan fingerprint density at radius 2 is 2.16 bits per heavy atom. The lowest BCUT2D eigenvalue weighted by molar-refractivity contribution is 0.0937. The van der Waals surface area contributed by atoms with Gasteiger partial charge in [-0.25, -0.2) is 0 Å². The molecular formula is C15H20N2O2. The van der Waals surface area contributed by atoms with Crippen LogP contribution < -0.4 is 5.32 Å². The molecule has 2 aliphatic rings. The number of phenolic OH excluding ortho intramolecular Hbond substituents is 1. The number of phenols is 1. The van der Waals surface area contributed by atoms with Crippen molar-refractivity contribution in [2.24, 2.45) is 0 Å². The third-order valence-corrected chi connectivity index (χ3v) is 4.08. The number of carbonyl (C=O) groups excluding carboxylic acids is 1. The van der Waals surface area contributed by atoms with Crippen molar-refractivity contribution in [3.63, 3.8) is 0 Å². The molecule has 1 atom stereocenters. The van der Waals surface area contributed by atoms with Crippen LogP contribution in [-0.4, -0.2) is 41.1 Å². The Balaban J connectivity index is 1.60. The Labute approximate surface area is 113 Å². The van der Waals surface area contributed by atoms with E-state index >= 15 is 0 Å². The van der Waals surface area contributed by atoms with Gasteiger partial charge in [0.2, 0.25) is 0 Å². The van der Waals surface area contributed by atoms with Crippen LogP contribution in [0.1, 0.15) is 35.2 Å². The number of hydrogen-bond donors (Lipinski definition) is 2. The van der Waals surface area contributed by atoms with Crippen molar-refractivity contribution in [1.29, 1.82) is 0 Å². The van der Waals surface area contributed by atoms with E-state index in [1.807, 2.05) is 0 Å². The Morgan fingerprint density at radius 3 is 2.84 bits per heavy atom. The van der Waals surface area contributed by atoms with Crippen molar-refractivity contribution in [3.8, 4) is 5.75 Å². The predicted octanol–water partition coefficient (Wildman–Crippen LogP) is 1.67. The van der Waals surface area contributed by atoms with Crippen LogP contribution in [0.4, 0.5) is 0 Å². The molecule has 1 saturated carbocycles. The van der Waals surface area contributed by atoms with Crippen LogP contribution in [0.2, 0.25) is 0 Å². The second kappa shape index (κ2) is 4.85. The summed E-state index contributed by atoms with van der Waals surface area (Å²) in [5, 5.41) is 12.6. The molecule has 0 bridgehead atoms. The summed E-state index contributed by atoms with van der Waals surface area (Å²) in [5.41, 5.74) is 1.36. The number of carbonyl (C=O) groups is 1. The highest BCUT2D eigenvalue weighted by Gasteiger charge is 2.34. The first-order chi connectivity index (χ1) is 9.13. The van der Waals surface area contributed by atoms with E-state index in [1.165, 1.54) is 12.8 Å². The number of amides is 1. The Hall–Kier alpha value is -1.55. The first-order valence-corrected chi connectivity index (χ1v) is 6.98. The van der Waals surface area contributed by atoms with Gasteiger partial charge in [-0.1, -0.05) is 0 Å². The third-order valence-electron chi connectivity index (χ3n) is 4.08. The molecule has 2 fully saturated rings. The van der Waals surface area contributed by atoms with Crippen molar-refractivity contribution >= 4 is 5.91 Å². The van der Waals surface area contributed by atoms with Crippen molar-refractivity contribution in [3.05, 3.63) is 29.3 Å². The molecule has 1 unspecified atom stereocenters. The fourth-order valence-electron chi connectivity index (χ4n) is 2.74. The fourth-order valence-corrected chi connectivity index (χ4v) is 2.74. The van der Waals surface area contributed by atoms with Gasteiger partial charge in [-0.3, -0.25) is 9.69 Å². The van der Waals surface area contributed by atoms with E-state index < -0.39 is 0 Å². The highest BCUT2D eigenvalue weighted by atomic mass is 16.3. The van der Waals surface area contributed by atoms with E-state index in [2.05, 4.69) is 10.2 Å². The lowest BCUT2D eigenvalue weighted by Crippen LogP contribution is -2.37. The zero-order chi connectivity index (χ0) is 13.4. The van der Waals surface area contributed by atoms with Gasteiger partial charge in [-0.05, 0) is 49.9 Å². The number of rotatable bonds is 3. The zero-order valence-corrected chi connectivity index (χ0v) is 11.2. The van der Waals surface area contributed by atoms with E-state index in [1.54, 1.807) is 25.1 Å². The predicted molar refractivity (Wildman–Crippen MR) is 73.3 cm³/mol. The van der Waals surface area contributed by atoms with Gasteiger partial charge >= 0.3 is 0 Å². The molecule has 1 aliphatic heterocycles. The molecule has 0 radical (unpaired) electrons. The summed E-state index contributed by atoms with van der Waals surface area (Å²) in [6.07, 6.45) is 3.68. The van der Waals surface area contributed by atoms with Gasteiger partial charge in [0, 0.05) is 30.7 Å². The smallest absolute Gasteiger partial charge is 0.251 e. The van der Waals surface area contributed by atoms with E-state index in [-0.39, 0.29) is 17.7 Å². The molecule has 1 saturated heterocycles. The van der Waals surface area contributed by atoms with Gasteiger partial charge in [0.1, 0.15) is 5.75 Å². The average molecular weight is 260 g/mol. The monoisotopic (exact) mass is 260 g/mol. The van der Waals surface area contributed by atoms with Gasteiger partial charge in [-0.2, -0.15) is 0 Å². The molecule has 0 aromatic heterocycles. The molecule has 1 aliphatic carbocycles. The average Bonchev–Trinajstić information content (AvgIpc) is 3.14. The Morgan fingerprint density at radius 1 is 1.37 bits per heavy atom. The van der Waals surface area contributed by atoms with E-state index in [9.17, 15) is 9.90 Å². The summed E-state index contributed by atoms with van der Waals surface area (Å²) >= 11 is 0. The highest BCUT2D eigenvalue weighted by molar-refractivity contribution is 5.94. The first-order valence-electron chi connectivity index (χ1n) is 6.98. The van der Waals surface area contributed by atoms with Crippen molar-refractivity contribution in [1.82, 2.24) is 10.2 Å². The molecule has 4 nitrogen and oxygen atoms in total. The maximum atomic E-state index is 12.1. The minimum absolute atomic E-state index is 0.0363. The zero-order valence-electron chi connectivity index (χ0n) is 11.2. The number of aryl methyl sites for hydroxylation is 1. The summed E-state index contributed by atoms with van der Waals surface area (Å²) in [5.74, 6) is 0.197. The number of nitrogens with zero attached hydrogens (tertiary/aromatic N) is 1. The van der Waals surface area contributed by atoms with Gasteiger partial charge in [0.25, 0.3) is 5.91 Å². The molecule has 0 spiro atoms. The summed E-state index contributed by atoms with van der Waals surface area (Å²) in [6.45, 7) is 3.88. The molecular weight excluding hydrogens is 240 g/mol. The summed E-state index contributed by atoms with van der Waals surface area (Å²) in [7, 11) is 0. The standard InChI is InChI=1S/C15H20N2O2/c1-10-8-11(2-5-14(10)18)15(19)16-12-6-7-17(9-12)13-3-4-13/h2,5,8,12-13,18H,3-4,6-7,9H2,1H3,(H,16,19). The largest absolute Gasteiger partial charge is 0.508 e. The maximum Gasteiger partial charge on any atom is 0.251 e. The minimum atomic E-state index is -0.0363. The lowest BCUT2D eigenvalue weighted by atomic mass is 10.1. The molecule has 1 heterocycles. The Kier molecular flexibility index (Phi) is 3.19. The lowest BCUT2D eigenvalue weighted by Gasteiger charge is -2.16. The quantitative estimate of drug-likeness (QED) is 0.869. The fraction of sp³-hybridized carbons (Fsp3) is 0.533. The van der Waals surface area contributed by atoms with Crippen molar-refractivity contribution in [2.45, 2.75) is 38.3 Å². The van der Waals surface area contributed by atoms with Crippen LogP contribution in [0.3, 0.4) is 0 Å². The number of aromatic hydroxyl groups is 1. The van der Waals surface area contributed by atoms with Crippen LogP contribution in [0.5, 0.6) is 5.75 Å².